The van der Waals surface area contributed by atoms with E-state index in [1.807, 2.05) is 0 Å². The lowest BCUT2D eigenvalue weighted by Crippen LogP contribution is -2.31. The molecule has 0 aromatic heterocycles. The second kappa shape index (κ2) is 4.25. The molecule has 2 fully saturated rings. The van der Waals surface area contributed by atoms with Crippen LogP contribution in [0, 0.1) is 11.3 Å². The molecule has 1 aliphatic carbocycles. The highest BCUT2D eigenvalue weighted by Gasteiger charge is 2.37. The molecular formula is C13H23NO. The van der Waals surface area contributed by atoms with Gasteiger partial charge in [0.25, 0.3) is 0 Å². The number of hydrogen-bond donors (Lipinski definition) is 0. The lowest BCUT2D eigenvalue weighted by molar-refractivity contribution is -0.121. The van der Waals surface area contributed by atoms with Gasteiger partial charge < -0.3 is 0 Å². The van der Waals surface area contributed by atoms with E-state index in [2.05, 4.69) is 18.7 Å². The monoisotopic (exact) mass is 209 g/mol. The van der Waals surface area contributed by atoms with Gasteiger partial charge in [0.15, 0.2) is 0 Å². The summed E-state index contributed by atoms with van der Waals surface area (Å²) < 4.78 is 0. The maximum absolute atomic E-state index is 11.7. The zero-order valence-electron chi connectivity index (χ0n) is 10.1. The summed E-state index contributed by atoms with van der Waals surface area (Å²) in [5.74, 6) is 0.932. The van der Waals surface area contributed by atoms with Crippen LogP contribution in [0.3, 0.4) is 0 Å². The first-order valence-corrected chi connectivity index (χ1v) is 6.44. The third kappa shape index (κ3) is 2.41. The second-order valence-corrected chi connectivity index (χ2v) is 5.41. The van der Waals surface area contributed by atoms with E-state index in [1.165, 1.54) is 19.3 Å². The molecule has 0 radical (unpaired) electrons. The molecule has 2 nitrogen and oxygen atoms in total. The van der Waals surface area contributed by atoms with Gasteiger partial charge in [0, 0.05) is 12.5 Å². The summed E-state index contributed by atoms with van der Waals surface area (Å²) in [4.78, 5) is 14.1. The van der Waals surface area contributed by atoms with Gasteiger partial charge in [0.2, 0.25) is 0 Å². The summed E-state index contributed by atoms with van der Waals surface area (Å²) in [5.41, 5.74) is 0.518. The maximum Gasteiger partial charge on any atom is 0.149 e. The zero-order valence-corrected chi connectivity index (χ0v) is 10.1. The average Bonchev–Trinajstić information content (AvgIpc) is 3.02. The van der Waals surface area contributed by atoms with Crippen molar-refractivity contribution in [2.24, 2.45) is 11.3 Å². The van der Waals surface area contributed by atoms with Crippen LogP contribution in [0.5, 0.6) is 0 Å². The molecule has 1 saturated heterocycles. The van der Waals surface area contributed by atoms with Crippen molar-refractivity contribution in [1.29, 1.82) is 0 Å². The van der Waals surface area contributed by atoms with E-state index in [9.17, 15) is 4.79 Å². The third-order valence-electron chi connectivity index (χ3n) is 4.43. The summed E-state index contributed by atoms with van der Waals surface area (Å²) in [5, 5.41) is 0. The molecule has 0 amide bonds. The molecule has 0 unspecified atom stereocenters. The van der Waals surface area contributed by atoms with E-state index in [1.54, 1.807) is 0 Å². The minimum absolute atomic E-state index is 0.434. The summed E-state index contributed by atoms with van der Waals surface area (Å²) in [6, 6.07) is 0. The molecule has 1 aliphatic heterocycles. The van der Waals surface area contributed by atoms with Crippen molar-refractivity contribution >= 4 is 5.78 Å². The van der Waals surface area contributed by atoms with Crippen LogP contribution in [-0.4, -0.2) is 30.3 Å². The van der Waals surface area contributed by atoms with Gasteiger partial charge in [-0.25, -0.2) is 0 Å². The van der Waals surface area contributed by atoms with Gasteiger partial charge in [-0.05, 0) is 44.1 Å². The van der Waals surface area contributed by atoms with Gasteiger partial charge in [-0.2, -0.15) is 0 Å². The molecule has 2 rings (SSSR count). The highest BCUT2D eigenvalue weighted by molar-refractivity contribution is 5.85. The molecule has 0 aromatic carbocycles. The van der Waals surface area contributed by atoms with Gasteiger partial charge in [0.1, 0.15) is 5.78 Å². The van der Waals surface area contributed by atoms with Crippen molar-refractivity contribution in [3.05, 3.63) is 0 Å². The first kappa shape index (κ1) is 11.1. The summed E-state index contributed by atoms with van der Waals surface area (Å²) in [6.45, 7) is 7.59. The third-order valence-corrected chi connectivity index (χ3v) is 4.43. The van der Waals surface area contributed by atoms with Crippen molar-refractivity contribution in [1.82, 2.24) is 4.90 Å². The number of hydrogen-bond acceptors (Lipinski definition) is 2. The van der Waals surface area contributed by atoms with Crippen molar-refractivity contribution in [3.63, 3.8) is 0 Å². The Morgan fingerprint density at radius 2 is 2.00 bits per heavy atom. The smallest absolute Gasteiger partial charge is 0.149 e. The Morgan fingerprint density at radius 1 is 1.33 bits per heavy atom. The fraction of sp³-hybridized carbons (Fsp3) is 0.923. The Morgan fingerprint density at radius 3 is 2.47 bits per heavy atom. The van der Waals surface area contributed by atoms with Crippen molar-refractivity contribution in [2.45, 2.75) is 46.0 Å². The van der Waals surface area contributed by atoms with E-state index in [0.29, 0.717) is 17.1 Å². The number of Topliss-reactive ketones (excluding diaryl/α,β-unsaturated/α-hetero) is 1. The lowest BCUT2D eigenvalue weighted by Gasteiger charge is -2.26. The minimum atomic E-state index is 0.434. The number of carbonyl (C=O) groups excluding carboxylic acids is 1. The molecule has 15 heavy (non-hydrogen) atoms. The highest BCUT2D eigenvalue weighted by Crippen LogP contribution is 2.37. The Labute approximate surface area is 93.0 Å². The maximum atomic E-state index is 11.7. The predicted molar refractivity (Wildman–Crippen MR) is 61.8 cm³/mol. The summed E-state index contributed by atoms with van der Waals surface area (Å²) in [6.07, 6.45) is 6.12. The molecule has 1 saturated carbocycles. The van der Waals surface area contributed by atoms with Gasteiger partial charge in [-0.15, -0.1) is 0 Å². The SMILES string of the molecule is CCC1(CC)CCN(CC(=O)C2CC2)C1. The Balaban J connectivity index is 1.83. The van der Waals surface area contributed by atoms with Gasteiger partial charge >= 0.3 is 0 Å². The second-order valence-electron chi connectivity index (χ2n) is 5.41. The largest absolute Gasteiger partial charge is 0.298 e. The van der Waals surface area contributed by atoms with E-state index >= 15 is 0 Å². The van der Waals surface area contributed by atoms with Gasteiger partial charge in [-0.1, -0.05) is 13.8 Å². The Hall–Kier alpha value is -0.370. The van der Waals surface area contributed by atoms with Gasteiger partial charge in [0.05, 0.1) is 6.54 Å². The molecule has 0 bridgehead atoms. The van der Waals surface area contributed by atoms with E-state index in [4.69, 9.17) is 0 Å². The molecule has 0 aromatic rings. The molecular weight excluding hydrogens is 186 g/mol. The molecule has 0 atom stereocenters. The normalized spacial score (nSPS) is 25.7. The number of nitrogens with zero attached hydrogens (tertiary/aromatic N) is 1. The topological polar surface area (TPSA) is 20.3 Å². The van der Waals surface area contributed by atoms with E-state index < -0.39 is 0 Å². The number of ketones is 1. The first-order chi connectivity index (χ1) is 7.19. The van der Waals surface area contributed by atoms with Crippen LogP contribution in [-0.2, 0) is 4.79 Å². The Kier molecular flexibility index (Phi) is 3.15. The molecule has 2 heteroatoms. The average molecular weight is 209 g/mol. The van der Waals surface area contributed by atoms with Gasteiger partial charge in [-0.3, -0.25) is 9.69 Å². The number of likely N-dealkylation sites (tertiary alicyclic amines) is 1. The standard InChI is InChI=1S/C13H23NO/c1-3-13(4-2)7-8-14(10-13)9-12(15)11-5-6-11/h11H,3-10H2,1-2H3. The summed E-state index contributed by atoms with van der Waals surface area (Å²) in [7, 11) is 0. The van der Waals surface area contributed by atoms with E-state index in [0.717, 1.165) is 32.5 Å². The Bertz CT molecular complexity index is 241. The van der Waals surface area contributed by atoms with Crippen molar-refractivity contribution in [2.75, 3.05) is 19.6 Å². The molecule has 86 valence electrons. The van der Waals surface area contributed by atoms with Crippen LogP contribution in [0.25, 0.3) is 0 Å². The quantitative estimate of drug-likeness (QED) is 0.693. The number of rotatable bonds is 5. The van der Waals surface area contributed by atoms with Crippen LogP contribution in [0.1, 0.15) is 46.0 Å². The number of carbonyl (C=O) groups is 1. The zero-order chi connectivity index (χ0) is 10.9. The fourth-order valence-electron chi connectivity index (χ4n) is 2.74. The lowest BCUT2D eigenvalue weighted by atomic mass is 9.82. The first-order valence-electron chi connectivity index (χ1n) is 6.44. The minimum Gasteiger partial charge on any atom is -0.298 e. The van der Waals surface area contributed by atoms with Crippen molar-refractivity contribution in [3.8, 4) is 0 Å². The fourth-order valence-corrected chi connectivity index (χ4v) is 2.74. The van der Waals surface area contributed by atoms with Crippen molar-refractivity contribution < 1.29 is 4.79 Å². The van der Waals surface area contributed by atoms with Crippen LogP contribution in [0.15, 0.2) is 0 Å². The predicted octanol–water partition coefficient (Wildman–Crippen LogP) is 2.48. The van der Waals surface area contributed by atoms with Crippen LogP contribution in [0.4, 0.5) is 0 Å². The highest BCUT2D eigenvalue weighted by atomic mass is 16.1. The summed E-state index contributed by atoms with van der Waals surface area (Å²) >= 11 is 0. The van der Waals surface area contributed by atoms with E-state index in [-0.39, 0.29) is 0 Å². The van der Waals surface area contributed by atoms with Crippen LogP contribution in [0.2, 0.25) is 0 Å². The molecule has 0 spiro atoms. The van der Waals surface area contributed by atoms with Crippen LogP contribution < -0.4 is 0 Å². The molecule has 1 heterocycles. The molecule has 2 aliphatic rings. The molecule has 0 N–H and O–H groups in total. The van der Waals surface area contributed by atoms with Crippen LogP contribution >= 0.6 is 0 Å².